The summed E-state index contributed by atoms with van der Waals surface area (Å²) in [5.74, 6) is -2.63. The maximum absolute atomic E-state index is 14.1. The topological polar surface area (TPSA) is 169 Å². The highest BCUT2D eigenvalue weighted by atomic mass is 19.1. The lowest BCUT2D eigenvalue weighted by atomic mass is 10.1. The third-order valence-corrected chi connectivity index (χ3v) is 4.50. The first-order valence-corrected chi connectivity index (χ1v) is 8.76. The van der Waals surface area contributed by atoms with Crippen LogP contribution in [0.5, 0.6) is 0 Å². The zero-order chi connectivity index (χ0) is 22.3. The number of halogens is 1. The van der Waals surface area contributed by atoms with Gasteiger partial charge in [0, 0.05) is 18.7 Å². The number of nitrogens with one attached hydrogen (secondary N) is 2. The molecule has 2 aromatic carbocycles. The summed E-state index contributed by atoms with van der Waals surface area (Å²) >= 11 is 0. The van der Waals surface area contributed by atoms with Gasteiger partial charge in [0.05, 0.1) is 11.9 Å². The van der Waals surface area contributed by atoms with Crippen molar-refractivity contribution < 1.29 is 19.1 Å². The summed E-state index contributed by atoms with van der Waals surface area (Å²) in [7, 11) is 0. The quantitative estimate of drug-likeness (QED) is 0.320. The van der Waals surface area contributed by atoms with Crippen LogP contribution < -0.4 is 27.2 Å². The van der Waals surface area contributed by atoms with Gasteiger partial charge in [-0.3, -0.25) is 14.4 Å². The number of carboxylic acid groups (broad SMARTS) is 1. The highest BCUT2D eigenvalue weighted by Crippen LogP contribution is 2.22. The number of hydrogen-bond donors (Lipinski definition) is 4. The summed E-state index contributed by atoms with van der Waals surface area (Å²) in [6.07, 6.45) is 1.35. The van der Waals surface area contributed by atoms with Crippen molar-refractivity contribution in [2.75, 3.05) is 11.1 Å². The molecule has 0 atom stereocenters. The van der Waals surface area contributed by atoms with Gasteiger partial charge >= 0.3 is 5.97 Å². The predicted octanol–water partition coefficient (Wildman–Crippen LogP) is 0.418. The lowest BCUT2D eigenvalue weighted by molar-refractivity contribution is 0.0687. The Bertz CT molecular complexity index is 1440. The van der Waals surface area contributed by atoms with Crippen LogP contribution in [-0.2, 0) is 6.54 Å². The van der Waals surface area contributed by atoms with E-state index in [9.17, 15) is 28.7 Å². The summed E-state index contributed by atoms with van der Waals surface area (Å²) in [6.45, 7) is -0.0519. The van der Waals surface area contributed by atoms with E-state index in [0.29, 0.717) is 5.56 Å². The largest absolute Gasteiger partial charge is 0.477 e. The third kappa shape index (κ3) is 3.46. The number of hydrogen-bond acceptors (Lipinski definition) is 8. The average molecular weight is 424 g/mol. The summed E-state index contributed by atoms with van der Waals surface area (Å²) in [5, 5.41) is 18.2. The molecule has 1 amide bonds. The van der Waals surface area contributed by atoms with Crippen LogP contribution in [0.4, 0.5) is 21.5 Å². The number of nitrogen functional groups attached to an aromatic ring is 1. The van der Waals surface area contributed by atoms with E-state index in [1.54, 1.807) is 0 Å². The maximum Gasteiger partial charge on any atom is 0.354 e. The third-order valence-electron chi connectivity index (χ3n) is 4.50. The van der Waals surface area contributed by atoms with Crippen molar-refractivity contribution in [3.8, 4) is 0 Å². The van der Waals surface area contributed by atoms with Crippen molar-refractivity contribution in [1.82, 2.24) is 19.9 Å². The van der Waals surface area contributed by atoms with Crippen LogP contribution in [0.25, 0.3) is 5.65 Å². The monoisotopic (exact) mass is 424 g/mol. The average Bonchev–Trinajstić information content (AvgIpc) is 3.24. The summed E-state index contributed by atoms with van der Waals surface area (Å²) in [6, 6.07) is 6.40. The number of fused-ring (bicyclic) bond motifs is 1. The Labute approximate surface area is 171 Å². The first-order chi connectivity index (χ1) is 14.8. The Morgan fingerprint density at radius 3 is 2.65 bits per heavy atom. The molecule has 0 aliphatic carbocycles. The SMILES string of the molecule is Nc1c(Nc2cc(CNC(=O)c3cc(C(=O)O)n4nccc4n3)ccc2F)c(=O)c1=O. The van der Waals surface area contributed by atoms with Gasteiger partial charge < -0.3 is 21.5 Å². The molecule has 0 fully saturated rings. The van der Waals surface area contributed by atoms with Crippen molar-refractivity contribution in [3.05, 3.63) is 79.7 Å². The van der Waals surface area contributed by atoms with E-state index >= 15 is 0 Å². The summed E-state index contributed by atoms with van der Waals surface area (Å²) < 4.78 is 15.1. The second-order valence-corrected chi connectivity index (χ2v) is 6.50. The Morgan fingerprint density at radius 2 is 1.94 bits per heavy atom. The van der Waals surface area contributed by atoms with E-state index in [1.807, 2.05) is 0 Å². The van der Waals surface area contributed by atoms with E-state index in [1.165, 1.54) is 24.4 Å². The van der Waals surface area contributed by atoms with E-state index in [4.69, 9.17) is 5.73 Å². The second-order valence-electron chi connectivity index (χ2n) is 6.50. The van der Waals surface area contributed by atoms with E-state index in [2.05, 4.69) is 20.7 Å². The molecule has 0 saturated heterocycles. The number of rotatable bonds is 6. The molecule has 11 nitrogen and oxygen atoms in total. The number of nitrogens with two attached hydrogens (primary N) is 1. The fraction of sp³-hybridized carbons (Fsp3) is 0.0526. The van der Waals surface area contributed by atoms with Gasteiger partial charge in [0.15, 0.2) is 11.3 Å². The molecule has 0 bridgehead atoms. The minimum atomic E-state index is -1.28. The number of nitrogens with zero attached hydrogens (tertiary/aromatic N) is 3. The fourth-order valence-electron chi connectivity index (χ4n) is 2.90. The van der Waals surface area contributed by atoms with Crippen molar-refractivity contribution in [3.63, 3.8) is 0 Å². The first kappa shape index (κ1) is 19.7. The molecule has 0 unspecified atom stereocenters. The predicted molar refractivity (Wildman–Crippen MR) is 107 cm³/mol. The van der Waals surface area contributed by atoms with E-state index in [0.717, 1.165) is 16.6 Å². The number of amides is 1. The van der Waals surface area contributed by atoms with Crippen molar-refractivity contribution in [2.45, 2.75) is 6.54 Å². The second kappa shape index (κ2) is 7.33. The number of aromatic nitrogens is 3. The van der Waals surface area contributed by atoms with Crippen LogP contribution in [0.1, 0.15) is 26.5 Å². The number of carbonyl (C=O) groups is 2. The van der Waals surface area contributed by atoms with Crippen LogP contribution in [-0.4, -0.2) is 31.6 Å². The molecule has 31 heavy (non-hydrogen) atoms. The first-order valence-electron chi connectivity index (χ1n) is 8.76. The molecule has 2 heterocycles. The zero-order valence-electron chi connectivity index (χ0n) is 15.5. The number of carboxylic acids is 1. The smallest absolute Gasteiger partial charge is 0.354 e. The highest BCUT2D eigenvalue weighted by Gasteiger charge is 2.20. The van der Waals surface area contributed by atoms with Crippen LogP contribution in [0.2, 0.25) is 0 Å². The molecule has 0 saturated carbocycles. The fourth-order valence-corrected chi connectivity index (χ4v) is 2.90. The van der Waals surface area contributed by atoms with E-state index < -0.39 is 28.6 Å². The standard InChI is InChI=1S/C19H13FN6O5/c20-9-2-1-8(5-10(9)25-15-14(21)16(27)17(15)28)7-22-18(29)11-6-12(19(30)31)26-13(24-11)3-4-23-26/h1-6,25H,7,21H2,(H,22,29)(H,30,31). The van der Waals surface area contributed by atoms with Gasteiger partial charge in [-0.1, -0.05) is 6.07 Å². The van der Waals surface area contributed by atoms with Crippen molar-refractivity contribution in [2.24, 2.45) is 0 Å². The minimum absolute atomic E-state index is 0.0519. The molecule has 0 aliphatic rings. The number of carbonyl (C=O) groups excluding carboxylic acids is 1. The van der Waals surface area contributed by atoms with Crippen molar-refractivity contribution in [1.29, 1.82) is 0 Å². The molecule has 156 valence electrons. The van der Waals surface area contributed by atoms with Gasteiger partial charge in [0.25, 0.3) is 16.8 Å². The molecule has 5 N–H and O–H groups in total. The number of aromatic carboxylic acids is 1. The Hall–Kier alpha value is -4.61. The highest BCUT2D eigenvalue weighted by molar-refractivity contribution is 5.96. The molecular formula is C19H13FN6O5. The molecule has 0 aliphatic heterocycles. The molecule has 4 aromatic rings. The molecule has 2 aromatic heterocycles. The van der Waals surface area contributed by atoms with Gasteiger partial charge in [-0.2, -0.15) is 5.10 Å². The Balaban J connectivity index is 1.52. The van der Waals surface area contributed by atoms with Gasteiger partial charge in [-0.05, 0) is 17.7 Å². The lowest BCUT2D eigenvalue weighted by Crippen LogP contribution is -2.36. The molecule has 12 heteroatoms. The van der Waals surface area contributed by atoms with Gasteiger partial charge in [0.1, 0.15) is 22.9 Å². The molecule has 4 rings (SSSR count). The summed E-state index contributed by atoms with van der Waals surface area (Å²) in [5.41, 5.74) is 3.45. The van der Waals surface area contributed by atoms with Gasteiger partial charge in [0.2, 0.25) is 0 Å². The van der Waals surface area contributed by atoms with Crippen molar-refractivity contribution >= 4 is 34.6 Å². The Kier molecular flexibility index (Phi) is 4.66. The normalized spacial score (nSPS) is 11.0. The minimum Gasteiger partial charge on any atom is -0.477 e. The van der Waals surface area contributed by atoms with Gasteiger partial charge in [-0.25, -0.2) is 18.7 Å². The number of benzene rings is 1. The Morgan fingerprint density at radius 1 is 1.16 bits per heavy atom. The van der Waals surface area contributed by atoms with Gasteiger partial charge in [-0.15, -0.1) is 0 Å². The van der Waals surface area contributed by atoms with Crippen LogP contribution in [0.15, 0.2) is 46.1 Å². The molecule has 0 radical (unpaired) electrons. The van der Waals surface area contributed by atoms with E-state index in [-0.39, 0.29) is 40.6 Å². The summed E-state index contributed by atoms with van der Waals surface area (Å²) in [4.78, 5) is 50.6. The van der Waals surface area contributed by atoms with Crippen LogP contribution in [0, 0.1) is 5.82 Å². The molecular weight excluding hydrogens is 411 g/mol. The van der Waals surface area contributed by atoms with Crippen LogP contribution >= 0.6 is 0 Å². The number of anilines is 3. The van der Waals surface area contributed by atoms with Crippen LogP contribution in [0.3, 0.4) is 0 Å². The molecule has 0 spiro atoms. The maximum atomic E-state index is 14.1. The zero-order valence-corrected chi connectivity index (χ0v) is 15.5. The lowest BCUT2D eigenvalue weighted by Gasteiger charge is -2.12.